The third-order valence-electron chi connectivity index (χ3n) is 2.98. The highest BCUT2D eigenvalue weighted by Gasteiger charge is 2.23. The predicted octanol–water partition coefficient (Wildman–Crippen LogP) is 1.000. The molecule has 0 amide bonds. The van der Waals surface area contributed by atoms with Crippen molar-refractivity contribution in [1.29, 1.82) is 0 Å². The molecule has 1 heterocycles. The van der Waals surface area contributed by atoms with Crippen LogP contribution in [0.1, 0.15) is 27.2 Å². The molecule has 0 saturated carbocycles. The Morgan fingerprint density at radius 2 is 1.56 bits per heavy atom. The Hall–Kier alpha value is -0.130. The summed E-state index contributed by atoms with van der Waals surface area (Å²) in [5, 5.41) is 0. The Labute approximate surface area is 99.7 Å². The van der Waals surface area contributed by atoms with E-state index in [9.17, 15) is 8.42 Å². The second-order valence-electron chi connectivity index (χ2n) is 5.81. The molecule has 96 valence electrons. The summed E-state index contributed by atoms with van der Waals surface area (Å²) in [4.78, 5) is 2.35. The van der Waals surface area contributed by atoms with Gasteiger partial charge in [-0.05, 0) is 18.4 Å². The second kappa shape index (κ2) is 5.02. The van der Waals surface area contributed by atoms with Crippen molar-refractivity contribution in [1.82, 2.24) is 9.21 Å². The molecule has 0 N–H and O–H groups in total. The number of nitrogens with zero attached hydrogens (tertiary/aromatic N) is 2. The predicted molar refractivity (Wildman–Crippen MR) is 66.9 cm³/mol. The van der Waals surface area contributed by atoms with Gasteiger partial charge in [0.1, 0.15) is 0 Å². The lowest BCUT2D eigenvalue weighted by Crippen LogP contribution is -2.48. The molecular formula is C11H24N2O2S. The Morgan fingerprint density at radius 3 is 1.94 bits per heavy atom. The standard InChI is InChI=1S/C11H24N2O2S/c1-11(2,3)5-6-12-7-9-13(10-8-12)16(4,14)15/h5-10H2,1-4H3. The zero-order valence-electron chi connectivity index (χ0n) is 10.9. The molecule has 0 unspecified atom stereocenters. The third-order valence-corrected chi connectivity index (χ3v) is 4.28. The van der Waals surface area contributed by atoms with Crippen molar-refractivity contribution in [3.05, 3.63) is 0 Å². The van der Waals surface area contributed by atoms with Crippen molar-refractivity contribution >= 4 is 10.0 Å². The van der Waals surface area contributed by atoms with E-state index >= 15 is 0 Å². The van der Waals surface area contributed by atoms with Crippen LogP contribution in [0, 0.1) is 5.41 Å². The fourth-order valence-electron chi connectivity index (χ4n) is 1.78. The highest BCUT2D eigenvalue weighted by atomic mass is 32.2. The number of piperazine rings is 1. The van der Waals surface area contributed by atoms with Gasteiger partial charge in [-0.25, -0.2) is 8.42 Å². The average Bonchev–Trinajstić information content (AvgIpc) is 2.13. The van der Waals surface area contributed by atoms with Crippen molar-refractivity contribution < 1.29 is 8.42 Å². The van der Waals surface area contributed by atoms with Gasteiger partial charge in [-0.15, -0.1) is 0 Å². The monoisotopic (exact) mass is 248 g/mol. The summed E-state index contributed by atoms with van der Waals surface area (Å²) in [6, 6.07) is 0. The van der Waals surface area contributed by atoms with E-state index in [0.717, 1.165) is 26.1 Å². The van der Waals surface area contributed by atoms with E-state index < -0.39 is 10.0 Å². The summed E-state index contributed by atoms with van der Waals surface area (Å²) in [6.07, 6.45) is 2.45. The largest absolute Gasteiger partial charge is 0.301 e. The Bertz CT molecular complexity index is 311. The van der Waals surface area contributed by atoms with Crippen LogP contribution in [-0.2, 0) is 10.0 Å². The summed E-state index contributed by atoms with van der Waals surface area (Å²) in [5.74, 6) is 0. The second-order valence-corrected chi connectivity index (χ2v) is 7.80. The summed E-state index contributed by atoms with van der Waals surface area (Å²) >= 11 is 0. The van der Waals surface area contributed by atoms with Crippen molar-refractivity contribution in [3.8, 4) is 0 Å². The van der Waals surface area contributed by atoms with Crippen LogP contribution in [-0.4, -0.2) is 56.6 Å². The van der Waals surface area contributed by atoms with Crippen LogP contribution in [0.4, 0.5) is 0 Å². The van der Waals surface area contributed by atoms with Crippen LogP contribution in [0.3, 0.4) is 0 Å². The minimum atomic E-state index is -2.99. The Balaban J connectivity index is 2.33. The molecule has 0 aromatic heterocycles. The molecule has 5 heteroatoms. The first-order valence-electron chi connectivity index (χ1n) is 5.86. The van der Waals surface area contributed by atoms with Gasteiger partial charge in [-0.1, -0.05) is 20.8 Å². The van der Waals surface area contributed by atoms with Crippen molar-refractivity contribution in [3.63, 3.8) is 0 Å². The zero-order valence-corrected chi connectivity index (χ0v) is 11.7. The van der Waals surface area contributed by atoms with Gasteiger partial charge >= 0.3 is 0 Å². The maximum atomic E-state index is 11.3. The smallest absolute Gasteiger partial charge is 0.211 e. The average molecular weight is 248 g/mol. The van der Waals surface area contributed by atoms with Crippen LogP contribution in [0.2, 0.25) is 0 Å². The molecule has 0 bridgehead atoms. The summed E-state index contributed by atoms with van der Waals surface area (Å²) in [5.41, 5.74) is 0.355. The van der Waals surface area contributed by atoms with E-state index in [2.05, 4.69) is 25.7 Å². The number of hydrogen-bond acceptors (Lipinski definition) is 3. The fourth-order valence-corrected chi connectivity index (χ4v) is 2.60. The summed E-state index contributed by atoms with van der Waals surface area (Å²) in [7, 11) is -2.99. The van der Waals surface area contributed by atoms with Gasteiger partial charge in [0, 0.05) is 26.2 Å². The molecule has 4 nitrogen and oxygen atoms in total. The first-order chi connectivity index (χ1) is 7.18. The number of sulfonamides is 1. The molecule has 0 radical (unpaired) electrons. The maximum Gasteiger partial charge on any atom is 0.211 e. The molecule has 1 rings (SSSR count). The lowest BCUT2D eigenvalue weighted by atomic mass is 9.92. The fraction of sp³-hybridized carbons (Fsp3) is 1.00. The van der Waals surface area contributed by atoms with E-state index in [-0.39, 0.29) is 0 Å². The van der Waals surface area contributed by atoms with Crippen molar-refractivity contribution in [2.75, 3.05) is 39.0 Å². The quantitative estimate of drug-likeness (QED) is 0.748. The highest BCUT2D eigenvalue weighted by Crippen LogP contribution is 2.19. The molecule has 1 aliphatic rings. The van der Waals surface area contributed by atoms with Crippen molar-refractivity contribution in [2.24, 2.45) is 5.41 Å². The molecule has 1 saturated heterocycles. The molecule has 16 heavy (non-hydrogen) atoms. The molecule has 0 atom stereocenters. The summed E-state index contributed by atoms with van der Waals surface area (Å²) < 4.78 is 24.2. The van der Waals surface area contributed by atoms with Crippen LogP contribution >= 0.6 is 0 Å². The SMILES string of the molecule is CC(C)(C)CCN1CCN(S(C)(=O)=O)CC1. The molecule has 0 spiro atoms. The first-order valence-corrected chi connectivity index (χ1v) is 7.71. The normalized spacial score (nSPS) is 21.2. The van der Waals surface area contributed by atoms with E-state index in [0.29, 0.717) is 18.5 Å². The Morgan fingerprint density at radius 1 is 1.06 bits per heavy atom. The number of rotatable bonds is 3. The minimum Gasteiger partial charge on any atom is -0.301 e. The lowest BCUT2D eigenvalue weighted by Gasteiger charge is -2.34. The van der Waals surface area contributed by atoms with E-state index in [1.165, 1.54) is 6.26 Å². The zero-order chi connectivity index (χ0) is 12.4. The van der Waals surface area contributed by atoms with Crippen LogP contribution in [0.25, 0.3) is 0 Å². The van der Waals surface area contributed by atoms with Gasteiger partial charge < -0.3 is 4.90 Å². The van der Waals surface area contributed by atoms with Crippen LogP contribution in [0.15, 0.2) is 0 Å². The molecule has 0 aromatic carbocycles. The molecule has 1 fully saturated rings. The van der Waals surface area contributed by atoms with Gasteiger partial charge in [0.25, 0.3) is 0 Å². The van der Waals surface area contributed by atoms with Crippen LogP contribution < -0.4 is 0 Å². The number of hydrogen-bond donors (Lipinski definition) is 0. The van der Waals surface area contributed by atoms with Gasteiger partial charge in [0.2, 0.25) is 10.0 Å². The first kappa shape index (κ1) is 13.9. The summed E-state index contributed by atoms with van der Waals surface area (Å²) in [6.45, 7) is 10.8. The lowest BCUT2D eigenvalue weighted by molar-refractivity contribution is 0.168. The van der Waals surface area contributed by atoms with Gasteiger partial charge in [-0.3, -0.25) is 0 Å². The minimum absolute atomic E-state index is 0.355. The molecule has 0 aliphatic carbocycles. The highest BCUT2D eigenvalue weighted by molar-refractivity contribution is 7.88. The molecule has 0 aromatic rings. The van der Waals surface area contributed by atoms with Crippen LogP contribution in [0.5, 0.6) is 0 Å². The molecule has 1 aliphatic heterocycles. The van der Waals surface area contributed by atoms with E-state index in [1.807, 2.05) is 0 Å². The van der Waals surface area contributed by atoms with Gasteiger partial charge in [0.15, 0.2) is 0 Å². The molecular weight excluding hydrogens is 224 g/mol. The van der Waals surface area contributed by atoms with Gasteiger partial charge in [-0.2, -0.15) is 4.31 Å². The topological polar surface area (TPSA) is 40.6 Å². The van der Waals surface area contributed by atoms with Crippen molar-refractivity contribution in [2.45, 2.75) is 27.2 Å². The van der Waals surface area contributed by atoms with E-state index in [1.54, 1.807) is 4.31 Å². The van der Waals surface area contributed by atoms with Gasteiger partial charge in [0.05, 0.1) is 6.26 Å². The third kappa shape index (κ3) is 4.80. The Kier molecular flexibility index (Phi) is 4.37. The maximum absolute atomic E-state index is 11.3. The van der Waals surface area contributed by atoms with E-state index in [4.69, 9.17) is 0 Å².